The van der Waals surface area contributed by atoms with Gasteiger partial charge in [-0.3, -0.25) is 4.79 Å². The zero-order valence-corrected chi connectivity index (χ0v) is 14.0. The van der Waals surface area contributed by atoms with Crippen LogP contribution in [0.4, 0.5) is 4.79 Å². The van der Waals surface area contributed by atoms with Gasteiger partial charge in [0.05, 0.1) is 6.61 Å². The van der Waals surface area contributed by atoms with E-state index in [4.69, 9.17) is 4.74 Å². The lowest BCUT2D eigenvalue weighted by atomic mass is 10.1. The molecule has 0 aliphatic carbocycles. The summed E-state index contributed by atoms with van der Waals surface area (Å²) in [4.78, 5) is 30.4. The number of amides is 2. The fraction of sp³-hybridized carbons (Fsp3) is 0.471. The van der Waals surface area contributed by atoms with Crippen molar-refractivity contribution in [3.05, 3.63) is 35.8 Å². The first-order chi connectivity index (χ1) is 11.6. The van der Waals surface area contributed by atoms with Crippen molar-refractivity contribution in [2.24, 2.45) is 0 Å². The summed E-state index contributed by atoms with van der Waals surface area (Å²) in [5.74, 6) is -0.105. The van der Waals surface area contributed by atoms with Gasteiger partial charge in [0, 0.05) is 31.5 Å². The average molecular weight is 330 g/mol. The van der Waals surface area contributed by atoms with Crippen molar-refractivity contribution in [3.63, 3.8) is 0 Å². The molecule has 0 radical (unpaired) electrons. The highest BCUT2D eigenvalue weighted by atomic mass is 16.5. The van der Waals surface area contributed by atoms with Crippen LogP contribution in [0.5, 0.6) is 0 Å². The maximum Gasteiger partial charge on any atom is 0.407 e. The van der Waals surface area contributed by atoms with Gasteiger partial charge in [-0.2, -0.15) is 0 Å². The number of hydrogen-bond acceptors (Lipinski definition) is 4. The van der Waals surface area contributed by atoms with Gasteiger partial charge in [0.15, 0.2) is 0 Å². The number of aromatic nitrogens is 2. The zero-order chi connectivity index (χ0) is 17.1. The number of rotatable bonds is 3. The van der Waals surface area contributed by atoms with Crippen molar-refractivity contribution in [2.45, 2.75) is 32.7 Å². The molecular formula is C17H22N4O3. The molecule has 0 spiro atoms. The van der Waals surface area contributed by atoms with Gasteiger partial charge >= 0.3 is 6.09 Å². The maximum absolute atomic E-state index is 12.7. The normalized spacial score (nSPS) is 17.8. The molecule has 2 amide bonds. The summed E-state index contributed by atoms with van der Waals surface area (Å²) in [6.45, 7) is 5.24. The molecule has 1 fully saturated rings. The van der Waals surface area contributed by atoms with E-state index in [1.807, 2.05) is 29.7 Å². The van der Waals surface area contributed by atoms with Crippen LogP contribution in [0.1, 0.15) is 35.8 Å². The topological polar surface area (TPSA) is 75.9 Å². The predicted molar refractivity (Wildman–Crippen MR) is 89.0 cm³/mol. The number of nitrogens with zero attached hydrogens (tertiary/aromatic N) is 3. The molecule has 7 nitrogen and oxygen atoms in total. The van der Waals surface area contributed by atoms with Gasteiger partial charge in [-0.05, 0) is 44.4 Å². The lowest BCUT2D eigenvalue weighted by Gasteiger charge is -2.32. The zero-order valence-electron chi connectivity index (χ0n) is 14.0. The summed E-state index contributed by atoms with van der Waals surface area (Å²) < 4.78 is 6.75. The molecule has 7 heteroatoms. The first kappa shape index (κ1) is 16.3. The van der Waals surface area contributed by atoms with E-state index in [0.717, 1.165) is 24.1 Å². The van der Waals surface area contributed by atoms with Crippen molar-refractivity contribution in [2.75, 3.05) is 19.7 Å². The highest BCUT2D eigenvalue weighted by Crippen LogP contribution is 2.15. The number of aryl methyl sites for hydroxylation is 1. The number of piperidine rings is 1. The van der Waals surface area contributed by atoms with Gasteiger partial charge < -0.3 is 19.4 Å². The number of carbonyl (C=O) groups excluding carboxylic acids is 2. The van der Waals surface area contributed by atoms with E-state index in [1.54, 1.807) is 18.0 Å². The van der Waals surface area contributed by atoms with Crippen molar-refractivity contribution < 1.29 is 14.3 Å². The quantitative estimate of drug-likeness (QED) is 0.934. The monoisotopic (exact) mass is 330 g/mol. The summed E-state index contributed by atoms with van der Waals surface area (Å²) in [7, 11) is 0. The minimum atomic E-state index is -0.431. The number of hydrogen-bond donors (Lipinski definition) is 1. The molecule has 1 unspecified atom stereocenters. The molecule has 3 rings (SSSR count). The fourth-order valence-corrected chi connectivity index (χ4v) is 2.97. The molecule has 0 aromatic carbocycles. The Morgan fingerprint density at radius 1 is 1.46 bits per heavy atom. The summed E-state index contributed by atoms with van der Waals surface area (Å²) in [6.07, 6.45) is 4.90. The van der Waals surface area contributed by atoms with E-state index in [1.165, 1.54) is 0 Å². The van der Waals surface area contributed by atoms with Gasteiger partial charge in [0.1, 0.15) is 11.3 Å². The van der Waals surface area contributed by atoms with Crippen molar-refractivity contribution >= 4 is 17.6 Å². The van der Waals surface area contributed by atoms with Crippen LogP contribution in [0.2, 0.25) is 0 Å². The van der Waals surface area contributed by atoms with Gasteiger partial charge in [-0.15, -0.1) is 0 Å². The summed E-state index contributed by atoms with van der Waals surface area (Å²) in [5, 5.41) is 2.81. The lowest BCUT2D eigenvalue weighted by Crippen LogP contribution is -2.49. The van der Waals surface area contributed by atoms with Crippen LogP contribution in [0.15, 0.2) is 24.5 Å². The number of pyridine rings is 1. The van der Waals surface area contributed by atoms with Crippen LogP contribution in [-0.2, 0) is 4.74 Å². The molecule has 1 saturated heterocycles. The number of ether oxygens (including phenoxy) is 1. The van der Waals surface area contributed by atoms with Crippen LogP contribution in [0.25, 0.3) is 5.65 Å². The van der Waals surface area contributed by atoms with E-state index < -0.39 is 6.09 Å². The number of nitrogens with one attached hydrogen (secondary N) is 1. The summed E-state index contributed by atoms with van der Waals surface area (Å²) >= 11 is 0. The minimum Gasteiger partial charge on any atom is -0.450 e. The van der Waals surface area contributed by atoms with Gasteiger partial charge in [-0.25, -0.2) is 9.78 Å². The lowest BCUT2D eigenvalue weighted by molar-refractivity contribution is 0.0681. The van der Waals surface area contributed by atoms with Crippen molar-refractivity contribution in [1.82, 2.24) is 19.6 Å². The maximum atomic E-state index is 12.7. The second-order valence-electron chi connectivity index (χ2n) is 6.05. The molecule has 0 bridgehead atoms. The van der Waals surface area contributed by atoms with Gasteiger partial charge in [-0.1, -0.05) is 0 Å². The van der Waals surface area contributed by atoms with E-state index in [-0.39, 0.29) is 11.9 Å². The van der Waals surface area contributed by atoms with Crippen LogP contribution in [0, 0.1) is 6.92 Å². The van der Waals surface area contributed by atoms with Gasteiger partial charge in [0.2, 0.25) is 0 Å². The smallest absolute Gasteiger partial charge is 0.407 e. The molecule has 0 saturated carbocycles. The molecule has 1 atom stereocenters. The van der Waals surface area contributed by atoms with E-state index in [0.29, 0.717) is 25.4 Å². The molecular weight excluding hydrogens is 308 g/mol. The fourth-order valence-electron chi connectivity index (χ4n) is 2.97. The Bertz CT molecular complexity index is 755. The number of imidazole rings is 1. The molecule has 3 heterocycles. The van der Waals surface area contributed by atoms with Crippen molar-refractivity contribution in [1.29, 1.82) is 0 Å². The Kier molecular flexibility index (Phi) is 4.69. The Hall–Kier alpha value is -2.57. The van der Waals surface area contributed by atoms with E-state index >= 15 is 0 Å². The van der Waals surface area contributed by atoms with E-state index in [2.05, 4.69) is 10.3 Å². The Morgan fingerprint density at radius 2 is 2.29 bits per heavy atom. The first-order valence-electron chi connectivity index (χ1n) is 8.24. The minimum absolute atomic E-state index is 0.0824. The third-order valence-electron chi connectivity index (χ3n) is 4.14. The number of likely N-dealkylation sites (tertiary alicyclic amines) is 1. The average Bonchev–Trinajstić information content (AvgIpc) is 2.97. The molecule has 24 heavy (non-hydrogen) atoms. The Morgan fingerprint density at radius 3 is 3.08 bits per heavy atom. The molecule has 128 valence electrons. The Labute approximate surface area is 140 Å². The highest BCUT2D eigenvalue weighted by molar-refractivity contribution is 5.93. The predicted octanol–water partition coefficient (Wildman–Crippen LogP) is 1.99. The third-order valence-corrected chi connectivity index (χ3v) is 4.14. The third kappa shape index (κ3) is 3.50. The molecule has 2 aromatic heterocycles. The SMILES string of the molecule is CCOC(=O)NC1CCCN(C(=O)c2cn3ccc(C)cc3n2)C1. The van der Waals surface area contributed by atoms with Crippen LogP contribution in [0.3, 0.4) is 0 Å². The summed E-state index contributed by atoms with van der Waals surface area (Å²) in [6, 6.07) is 3.84. The molecule has 1 N–H and O–H groups in total. The van der Waals surface area contributed by atoms with Crippen molar-refractivity contribution in [3.8, 4) is 0 Å². The number of fused-ring (bicyclic) bond motifs is 1. The van der Waals surface area contributed by atoms with Crippen LogP contribution in [-0.4, -0.2) is 52.0 Å². The second kappa shape index (κ2) is 6.90. The van der Waals surface area contributed by atoms with Crippen LogP contribution >= 0.6 is 0 Å². The van der Waals surface area contributed by atoms with Crippen LogP contribution < -0.4 is 5.32 Å². The van der Waals surface area contributed by atoms with E-state index in [9.17, 15) is 9.59 Å². The largest absolute Gasteiger partial charge is 0.450 e. The second-order valence-corrected chi connectivity index (χ2v) is 6.05. The van der Waals surface area contributed by atoms with Gasteiger partial charge in [0.25, 0.3) is 5.91 Å². The Balaban J connectivity index is 1.70. The number of alkyl carbamates (subject to hydrolysis) is 1. The first-order valence-corrected chi connectivity index (χ1v) is 8.24. The highest BCUT2D eigenvalue weighted by Gasteiger charge is 2.27. The molecule has 1 aliphatic rings. The standard InChI is InChI=1S/C17H22N4O3/c1-3-24-17(23)18-13-5-4-7-21(10-13)16(22)14-11-20-8-6-12(2)9-15(20)19-14/h6,8-9,11,13H,3-5,7,10H2,1-2H3,(H,18,23). The summed E-state index contributed by atoms with van der Waals surface area (Å²) in [5.41, 5.74) is 2.29. The molecule has 2 aromatic rings. The number of carbonyl (C=O) groups is 2. The molecule has 1 aliphatic heterocycles.